The van der Waals surface area contributed by atoms with Crippen molar-refractivity contribution < 1.29 is 13.9 Å². The normalized spacial score (nSPS) is 11.8. The first-order valence-corrected chi connectivity index (χ1v) is 7.47. The molecule has 0 saturated carbocycles. The molecule has 2 aromatic carbocycles. The summed E-state index contributed by atoms with van der Waals surface area (Å²) in [5.41, 5.74) is 7.82. The largest absolute Gasteiger partial charge is 0.497 e. The lowest BCUT2D eigenvalue weighted by atomic mass is 10.2. The van der Waals surface area contributed by atoms with E-state index in [1.807, 2.05) is 24.3 Å². The van der Waals surface area contributed by atoms with Crippen LogP contribution in [-0.2, 0) is 4.79 Å². The van der Waals surface area contributed by atoms with E-state index in [2.05, 4.69) is 15.3 Å². The summed E-state index contributed by atoms with van der Waals surface area (Å²) >= 11 is 0. The Morgan fingerprint density at radius 1 is 1.24 bits per heavy atom. The third-order valence-electron chi connectivity index (χ3n) is 3.29. The fourth-order valence-electron chi connectivity index (χ4n) is 2.09. The van der Waals surface area contributed by atoms with Gasteiger partial charge in [-0.1, -0.05) is 24.3 Å². The second-order valence-corrected chi connectivity index (χ2v) is 5.06. The number of para-hydroxylation sites is 2. The van der Waals surface area contributed by atoms with Crippen LogP contribution in [0.3, 0.4) is 0 Å². The Labute approximate surface area is 143 Å². The van der Waals surface area contributed by atoms with Gasteiger partial charge in [-0.15, -0.1) is 0 Å². The van der Waals surface area contributed by atoms with Crippen molar-refractivity contribution in [1.82, 2.24) is 10.3 Å². The van der Waals surface area contributed by atoms with E-state index in [1.165, 1.54) is 6.08 Å². The smallest absolute Gasteiger partial charge is 0.325 e. The van der Waals surface area contributed by atoms with Gasteiger partial charge in [-0.25, -0.2) is 0 Å². The van der Waals surface area contributed by atoms with Crippen molar-refractivity contribution in [2.75, 3.05) is 7.11 Å². The van der Waals surface area contributed by atoms with E-state index in [9.17, 15) is 4.79 Å². The number of benzene rings is 2. The number of nitrogens with two attached hydrogens (primary N) is 1. The molecule has 126 valence electrons. The van der Waals surface area contributed by atoms with Crippen molar-refractivity contribution in [1.29, 1.82) is 0 Å². The highest BCUT2D eigenvalue weighted by atomic mass is 16.5. The van der Waals surface area contributed by atoms with Crippen molar-refractivity contribution >= 4 is 35.1 Å². The van der Waals surface area contributed by atoms with E-state index >= 15 is 0 Å². The molecule has 0 aliphatic carbocycles. The first kappa shape index (κ1) is 16.3. The number of ether oxygens (including phenoxy) is 1. The fourth-order valence-corrected chi connectivity index (χ4v) is 2.09. The number of nitrogens with one attached hydrogen (secondary N) is 1. The average Bonchev–Trinajstić information content (AvgIpc) is 3.02. The summed E-state index contributed by atoms with van der Waals surface area (Å²) < 4.78 is 10.5. The Balaban J connectivity index is 1.63. The summed E-state index contributed by atoms with van der Waals surface area (Å²) in [4.78, 5) is 20.0. The predicted octanol–water partition coefficient (Wildman–Crippen LogP) is 2.61. The number of oxazole rings is 1. The Kier molecular flexibility index (Phi) is 4.75. The predicted molar refractivity (Wildman–Crippen MR) is 95.5 cm³/mol. The fraction of sp³-hybridized carbons (Fsp3) is 0.0556. The summed E-state index contributed by atoms with van der Waals surface area (Å²) in [7, 11) is 1.59. The van der Waals surface area contributed by atoms with Gasteiger partial charge in [0, 0.05) is 6.08 Å². The number of carbonyl (C=O) groups excluding carboxylic acids is 1. The minimum Gasteiger partial charge on any atom is -0.497 e. The first-order chi connectivity index (χ1) is 12.1. The summed E-state index contributed by atoms with van der Waals surface area (Å²) in [6.45, 7) is 0. The molecule has 7 heteroatoms. The molecule has 3 N–H and O–H groups in total. The molecule has 1 aromatic heterocycles. The highest BCUT2D eigenvalue weighted by Gasteiger charge is 2.05. The van der Waals surface area contributed by atoms with Crippen molar-refractivity contribution in [3.63, 3.8) is 0 Å². The van der Waals surface area contributed by atoms with Crippen LogP contribution in [0.4, 0.5) is 6.01 Å². The van der Waals surface area contributed by atoms with Crippen LogP contribution in [0.1, 0.15) is 5.56 Å². The van der Waals surface area contributed by atoms with Gasteiger partial charge in [-0.3, -0.25) is 10.1 Å². The number of aromatic nitrogens is 1. The van der Waals surface area contributed by atoms with Crippen molar-refractivity contribution in [2.45, 2.75) is 0 Å². The number of amides is 1. The van der Waals surface area contributed by atoms with Gasteiger partial charge in [0.05, 0.1) is 7.11 Å². The lowest BCUT2D eigenvalue weighted by Gasteiger charge is -2.00. The molecule has 7 nitrogen and oxygen atoms in total. The summed E-state index contributed by atoms with van der Waals surface area (Å²) in [6, 6.07) is 14.6. The maximum atomic E-state index is 11.9. The highest BCUT2D eigenvalue weighted by Crippen LogP contribution is 2.19. The second-order valence-electron chi connectivity index (χ2n) is 5.06. The molecule has 3 aromatic rings. The van der Waals surface area contributed by atoms with Crippen LogP contribution >= 0.6 is 0 Å². The monoisotopic (exact) mass is 336 g/mol. The molecule has 1 heterocycles. The second kappa shape index (κ2) is 7.31. The van der Waals surface area contributed by atoms with Gasteiger partial charge in [0.2, 0.25) is 5.96 Å². The topological polar surface area (TPSA) is 103 Å². The maximum Gasteiger partial charge on any atom is 0.325 e. The zero-order valence-electron chi connectivity index (χ0n) is 13.5. The molecule has 0 atom stereocenters. The standard InChI is InChI=1S/C18H16N4O3/c1-24-13-9-6-12(7-10-13)8-11-16(23)21-17(19)22-18-20-14-4-2-3-5-15(14)25-18/h2-11H,1H3,(H3,19,20,21,22,23). The van der Waals surface area contributed by atoms with E-state index in [4.69, 9.17) is 14.9 Å². The molecule has 0 radical (unpaired) electrons. The van der Waals surface area contributed by atoms with Crippen LogP contribution in [-0.4, -0.2) is 24.0 Å². The summed E-state index contributed by atoms with van der Waals surface area (Å²) in [6.07, 6.45) is 3.01. The van der Waals surface area contributed by atoms with Crippen LogP contribution in [0.25, 0.3) is 17.2 Å². The zero-order valence-corrected chi connectivity index (χ0v) is 13.5. The number of hydrogen-bond acceptors (Lipinski definition) is 5. The quantitative estimate of drug-likeness (QED) is 0.433. The van der Waals surface area contributed by atoms with Crippen molar-refractivity contribution in [3.8, 4) is 5.75 Å². The molecule has 25 heavy (non-hydrogen) atoms. The molecule has 0 aliphatic rings. The van der Waals surface area contributed by atoms with Gasteiger partial charge in [-0.05, 0) is 35.9 Å². The SMILES string of the molecule is COc1ccc(C=CC(=O)NC(N)=Nc2nc3ccccc3o2)cc1. The molecule has 3 rings (SSSR count). The molecule has 0 aliphatic heterocycles. The number of methoxy groups -OCH3 is 1. The molecule has 0 unspecified atom stereocenters. The number of aliphatic imine (C=N–C) groups is 1. The Morgan fingerprint density at radius 2 is 2.00 bits per heavy atom. The Hall–Kier alpha value is -3.61. The lowest BCUT2D eigenvalue weighted by Crippen LogP contribution is -2.35. The number of rotatable bonds is 4. The number of nitrogens with zero attached hydrogens (tertiary/aromatic N) is 2. The van der Waals surface area contributed by atoms with Gasteiger partial charge in [0.1, 0.15) is 11.3 Å². The maximum absolute atomic E-state index is 11.9. The third kappa shape index (κ3) is 4.23. The average molecular weight is 336 g/mol. The van der Waals surface area contributed by atoms with E-state index in [1.54, 1.807) is 37.5 Å². The van der Waals surface area contributed by atoms with E-state index < -0.39 is 5.91 Å². The van der Waals surface area contributed by atoms with Crippen molar-refractivity contribution in [3.05, 3.63) is 60.2 Å². The Bertz CT molecular complexity index is 909. The van der Waals surface area contributed by atoms with Crippen molar-refractivity contribution in [2.24, 2.45) is 10.7 Å². The first-order valence-electron chi connectivity index (χ1n) is 7.47. The zero-order chi connectivity index (χ0) is 17.6. The molecule has 1 amide bonds. The van der Waals surface area contributed by atoms with Crippen LogP contribution in [0, 0.1) is 0 Å². The van der Waals surface area contributed by atoms with E-state index in [-0.39, 0.29) is 12.0 Å². The number of guanidine groups is 1. The summed E-state index contributed by atoms with van der Waals surface area (Å²) in [5.74, 6) is 0.237. The number of hydrogen-bond donors (Lipinski definition) is 2. The number of carbonyl (C=O) groups is 1. The van der Waals surface area contributed by atoms with Gasteiger partial charge in [-0.2, -0.15) is 9.98 Å². The van der Waals surface area contributed by atoms with Crippen LogP contribution < -0.4 is 15.8 Å². The van der Waals surface area contributed by atoms with Gasteiger partial charge in [0.15, 0.2) is 5.58 Å². The molecule has 0 bridgehead atoms. The molecular formula is C18H16N4O3. The highest BCUT2D eigenvalue weighted by molar-refractivity contribution is 6.03. The van der Waals surface area contributed by atoms with Crippen LogP contribution in [0.2, 0.25) is 0 Å². The van der Waals surface area contributed by atoms with Crippen LogP contribution in [0.15, 0.2) is 64.0 Å². The molecule has 0 saturated heterocycles. The van der Waals surface area contributed by atoms with Gasteiger partial charge < -0.3 is 14.9 Å². The third-order valence-corrected chi connectivity index (χ3v) is 3.29. The number of fused-ring (bicyclic) bond motifs is 1. The summed E-state index contributed by atoms with van der Waals surface area (Å²) in [5, 5.41) is 2.44. The van der Waals surface area contributed by atoms with Gasteiger partial charge >= 0.3 is 6.01 Å². The molecule has 0 fully saturated rings. The van der Waals surface area contributed by atoms with E-state index in [0.29, 0.717) is 11.1 Å². The molecule has 0 spiro atoms. The van der Waals surface area contributed by atoms with E-state index in [0.717, 1.165) is 11.3 Å². The van der Waals surface area contributed by atoms with Crippen LogP contribution in [0.5, 0.6) is 5.75 Å². The van der Waals surface area contributed by atoms with Gasteiger partial charge in [0.25, 0.3) is 5.91 Å². The minimum absolute atomic E-state index is 0.0816. The molecular weight excluding hydrogens is 320 g/mol. The lowest BCUT2D eigenvalue weighted by molar-refractivity contribution is -0.115. The Morgan fingerprint density at radius 3 is 2.72 bits per heavy atom. The minimum atomic E-state index is -0.409.